The van der Waals surface area contributed by atoms with Gasteiger partial charge in [0.15, 0.2) is 0 Å². The van der Waals surface area contributed by atoms with Gasteiger partial charge in [-0.15, -0.1) is 0 Å². The fraction of sp³-hybridized carbons (Fsp3) is 0.400. The average molecular weight is 248 g/mol. The zero-order chi connectivity index (χ0) is 13.9. The van der Waals surface area contributed by atoms with Gasteiger partial charge in [-0.1, -0.05) is 39.0 Å². The summed E-state index contributed by atoms with van der Waals surface area (Å²) >= 11 is 0. The topological polar surface area (TPSA) is 57.5 Å². The number of carboxylic acid groups (broad SMARTS) is 1. The van der Waals surface area contributed by atoms with Gasteiger partial charge in [0.2, 0.25) is 0 Å². The number of aliphatic hydroxyl groups excluding tert-OH is 1. The van der Waals surface area contributed by atoms with Gasteiger partial charge in [-0.2, -0.15) is 0 Å². The monoisotopic (exact) mass is 248 g/mol. The van der Waals surface area contributed by atoms with Crippen LogP contribution in [-0.2, 0) is 10.2 Å². The van der Waals surface area contributed by atoms with Crippen LogP contribution in [0, 0.1) is 6.92 Å². The van der Waals surface area contributed by atoms with Crippen LogP contribution in [-0.4, -0.2) is 22.8 Å². The van der Waals surface area contributed by atoms with E-state index in [1.54, 1.807) is 0 Å². The van der Waals surface area contributed by atoms with Crippen LogP contribution in [0.5, 0.6) is 0 Å². The predicted molar refractivity (Wildman–Crippen MR) is 72.6 cm³/mol. The fourth-order valence-electron chi connectivity index (χ4n) is 1.85. The van der Waals surface area contributed by atoms with Gasteiger partial charge < -0.3 is 10.2 Å². The highest BCUT2D eigenvalue weighted by Gasteiger charge is 2.15. The molecule has 0 heterocycles. The van der Waals surface area contributed by atoms with Gasteiger partial charge in [-0.3, -0.25) is 0 Å². The van der Waals surface area contributed by atoms with Gasteiger partial charge in [-0.25, -0.2) is 4.79 Å². The Morgan fingerprint density at radius 1 is 1.33 bits per heavy atom. The van der Waals surface area contributed by atoms with E-state index in [0.29, 0.717) is 5.57 Å². The van der Waals surface area contributed by atoms with Crippen molar-refractivity contribution in [2.75, 3.05) is 6.61 Å². The minimum Gasteiger partial charge on any atom is -0.478 e. The van der Waals surface area contributed by atoms with Gasteiger partial charge in [0.1, 0.15) is 0 Å². The number of hydrogen-bond donors (Lipinski definition) is 2. The number of benzene rings is 1. The van der Waals surface area contributed by atoms with E-state index in [9.17, 15) is 9.90 Å². The van der Waals surface area contributed by atoms with Gasteiger partial charge in [0, 0.05) is 6.08 Å². The van der Waals surface area contributed by atoms with Crippen LogP contribution >= 0.6 is 0 Å². The maximum atomic E-state index is 10.7. The summed E-state index contributed by atoms with van der Waals surface area (Å²) < 4.78 is 0. The Labute approximate surface area is 108 Å². The highest BCUT2D eigenvalue weighted by atomic mass is 16.4. The summed E-state index contributed by atoms with van der Waals surface area (Å²) in [6.45, 7) is 8.03. The first-order chi connectivity index (χ1) is 8.25. The van der Waals surface area contributed by atoms with E-state index in [1.165, 1.54) is 5.56 Å². The first kappa shape index (κ1) is 14.5. The highest BCUT2D eigenvalue weighted by molar-refractivity contribution is 5.90. The first-order valence-electron chi connectivity index (χ1n) is 5.91. The highest BCUT2D eigenvalue weighted by Crippen LogP contribution is 2.27. The third-order valence-electron chi connectivity index (χ3n) is 2.91. The number of rotatable bonds is 3. The van der Waals surface area contributed by atoms with Crippen molar-refractivity contribution >= 4 is 11.5 Å². The normalized spacial score (nSPS) is 12.6. The number of aliphatic hydroxyl groups is 1. The number of hydrogen-bond acceptors (Lipinski definition) is 2. The molecule has 3 heteroatoms. The molecule has 3 nitrogen and oxygen atoms in total. The smallest absolute Gasteiger partial charge is 0.328 e. The lowest BCUT2D eigenvalue weighted by molar-refractivity contribution is -0.131. The fourth-order valence-corrected chi connectivity index (χ4v) is 1.85. The van der Waals surface area contributed by atoms with Crippen molar-refractivity contribution in [3.05, 3.63) is 41.0 Å². The van der Waals surface area contributed by atoms with Crippen LogP contribution < -0.4 is 0 Å². The quantitative estimate of drug-likeness (QED) is 0.809. The van der Waals surface area contributed by atoms with Crippen LogP contribution in [0.1, 0.15) is 37.5 Å². The van der Waals surface area contributed by atoms with Crippen molar-refractivity contribution in [1.82, 2.24) is 0 Å². The Morgan fingerprint density at radius 3 is 2.33 bits per heavy atom. The Bertz CT molecular complexity index is 479. The molecule has 0 spiro atoms. The number of aryl methyl sites for hydroxylation is 1. The van der Waals surface area contributed by atoms with E-state index in [1.807, 2.05) is 25.1 Å². The zero-order valence-corrected chi connectivity index (χ0v) is 11.3. The zero-order valence-electron chi connectivity index (χ0n) is 11.3. The third-order valence-corrected chi connectivity index (χ3v) is 2.91. The van der Waals surface area contributed by atoms with Crippen molar-refractivity contribution in [1.29, 1.82) is 0 Å². The second-order valence-electron chi connectivity index (χ2n) is 5.45. The molecule has 0 amide bonds. The van der Waals surface area contributed by atoms with Crippen molar-refractivity contribution in [2.24, 2.45) is 0 Å². The lowest BCUT2D eigenvalue weighted by atomic mass is 9.84. The van der Waals surface area contributed by atoms with E-state index in [-0.39, 0.29) is 12.0 Å². The van der Waals surface area contributed by atoms with Gasteiger partial charge in [0.05, 0.1) is 6.61 Å². The minimum atomic E-state index is -1.04. The van der Waals surface area contributed by atoms with Crippen LogP contribution in [0.2, 0.25) is 0 Å². The summed E-state index contributed by atoms with van der Waals surface area (Å²) in [6.07, 6.45) is 1.05. The maximum Gasteiger partial charge on any atom is 0.328 e. The van der Waals surface area contributed by atoms with Crippen molar-refractivity contribution < 1.29 is 15.0 Å². The summed E-state index contributed by atoms with van der Waals surface area (Å²) in [5, 5.41) is 18.0. The molecular formula is C15H20O3. The Morgan fingerprint density at radius 2 is 1.94 bits per heavy atom. The van der Waals surface area contributed by atoms with Crippen LogP contribution in [0.15, 0.2) is 24.3 Å². The second kappa shape index (κ2) is 5.36. The number of carbonyl (C=O) groups is 1. The minimum absolute atomic E-state index is 0.0547. The molecular weight excluding hydrogens is 228 g/mol. The Balaban J connectivity index is 3.24. The molecule has 1 aromatic carbocycles. The molecule has 0 fully saturated rings. The van der Waals surface area contributed by atoms with E-state index in [4.69, 9.17) is 5.11 Å². The van der Waals surface area contributed by atoms with Gasteiger partial charge >= 0.3 is 5.97 Å². The molecule has 18 heavy (non-hydrogen) atoms. The predicted octanol–water partition coefficient (Wildman–Crippen LogP) is 2.75. The van der Waals surface area contributed by atoms with Crippen LogP contribution in [0.25, 0.3) is 5.57 Å². The molecule has 0 radical (unpaired) electrons. The van der Waals surface area contributed by atoms with Crippen molar-refractivity contribution in [3.8, 4) is 0 Å². The van der Waals surface area contributed by atoms with E-state index < -0.39 is 5.97 Å². The largest absolute Gasteiger partial charge is 0.478 e. The summed E-state index contributed by atoms with van der Waals surface area (Å²) in [7, 11) is 0. The molecule has 2 N–H and O–H groups in total. The standard InChI is InChI=1S/C15H20O3/c1-10-7-12(15(2,3)4)5-6-13(10)11(9-16)8-14(17)18/h5-8,16H,9H2,1-4H3,(H,17,18)/b11-8+. The van der Waals surface area contributed by atoms with E-state index in [2.05, 4.69) is 20.8 Å². The Hall–Kier alpha value is -1.61. The van der Waals surface area contributed by atoms with Crippen LogP contribution in [0.4, 0.5) is 0 Å². The van der Waals surface area contributed by atoms with E-state index >= 15 is 0 Å². The lowest BCUT2D eigenvalue weighted by Gasteiger charge is -2.21. The second-order valence-corrected chi connectivity index (χ2v) is 5.45. The molecule has 0 bridgehead atoms. The first-order valence-corrected chi connectivity index (χ1v) is 5.91. The summed E-state index contributed by atoms with van der Waals surface area (Å²) in [5.74, 6) is -1.04. The maximum absolute atomic E-state index is 10.7. The molecule has 0 unspecified atom stereocenters. The van der Waals surface area contributed by atoms with Crippen molar-refractivity contribution in [3.63, 3.8) is 0 Å². The Kier molecular flexibility index (Phi) is 4.30. The van der Waals surface area contributed by atoms with Crippen molar-refractivity contribution in [2.45, 2.75) is 33.1 Å². The third kappa shape index (κ3) is 3.44. The molecule has 98 valence electrons. The number of aliphatic carboxylic acids is 1. The molecule has 0 aliphatic rings. The molecule has 0 aliphatic carbocycles. The molecule has 1 aromatic rings. The lowest BCUT2D eigenvalue weighted by Crippen LogP contribution is -2.11. The van der Waals surface area contributed by atoms with Gasteiger partial charge in [0.25, 0.3) is 0 Å². The SMILES string of the molecule is Cc1cc(C(C)(C)C)ccc1/C(=C/C(=O)O)CO. The molecule has 0 aliphatic heterocycles. The average Bonchev–Trinajstić information content (AvgIpc) is 2.24. The number of carboxylic acids is 1. The van der Waals surface area contributed by atoms with E-state index in [0.717, 1.165) is 17.2 Å². The molecule has 1 rings (SSSR count). The molecule has 0 saturated carbocycles. The van der Waals surface area contributed by atoms with Gasteiger partial charge in [-0.05, 0) is 34.6 Å². The summed E-state index contributed by atoms with van der Waals surface area (Å²) in [5.41, 5.74) is 3.44. The molecule has 0 aromatic heterocycles. The molecule has 0 saturated heterocycles. The summed E-state index contributed by atoms with van der Waals surface area (Å²) in [4.78, 5) is 10.7. The van der Waals surface area contributed by atoms with Crippen LogP contribution in [0.3, 0.4) is 0 Å². The molecule has 0 atom stereocenters. The summed E-state index contributed by atoms with van der Waals surface area (Å²) in [6, 6.07) is 5.90.